The molecule has 0 spiro atoms. The van der Waals surface area contributed by atoms with Crippen molar-refractivity contribution in [3.8, 4) is 0 Å². The van der Waals surface area contributed by atoms with Crippen molar-refractivity contribution < 1.29 is 9.59 Å². The monoisotopic (exact) mass is 445 g/mol. The molecule has 2 heterocycles. The normalized spacial score (nSPS) is 14.8. The first-order chi connectivity index (χ1) is 15.6. The molecule has 32 heavy (non-hydrogen) atoms. The highest BCUT2D eigenvalue weighted by Gasteiger charge is 2.26. The van der Waals surface area contributed by atoms with Crippen molar-refractivity contribution in [2.75, 3.05) is 13.1 Å². The van der Waals surface area contributed by atoms with Gasteiger partial charge in [-0.15, -0.1) is 0 Å². The maximum absolute atomic E-state index is 12.5. The van der Waals surface area contributed by atoms with Crippen LogP contribution in [-0.4, -0.2) is 39.2 Å². The Balaban J connectivity index is 1.45. The molecule has 1 amide bonds. The second-order valence-electron chi connectivity index (χ2n) is 9.75. The third-order valence-electron chi connectivity index (χ3n) is 7.10. The van der Waals surface area contributed by atoms with Crippen LogP contribution in [0, 0.1) is 12.8 Å². The minimum absolute atomic E-state index is 0.176. The summed E-state index contributed by atoms with van der Waals surface area (Å²) in [5.41, 5.74) is 0. The van der Waals surface area contributed by atoms with Crippen LogP contribution < -0.4 is 0 Å². The smallest absolute Gasteiger partial charge is 0.289 e. The van der Waals surface area contributed by atoms with E-state index in [4.69, 9.17) is 0 Å². The zero-order valence-electron chi connectivity index (χ0n) is 20.8. The highest BCUT2D eigenvalue weighted by Crippen LogP contribution is 2.22. The van der Waals surface area contributed by atoms with Crippen molar-refractivity contribution in [1.29, 1.82) is 0 Å². The third-order valence-corrected chi connectivity index (χ3v) is 7.10. The Morgan fingerprint density at radius 2 is 1.47 bits per heavy atom. The van der Waals surface area contributed by atoms with Gasteiger partial charge in [0.2, 0.25) is 5.78 Å². The number of rotatable bonds is 17. The Hall–Kier alpha value is -1.65. The lowest BCUT2D eigenvalue weighted by atomic mass is 9.93. The van der Waals surface area contributed by atoms with E-state index >= 15 is 0 Å². The zero-order valence-corrected chi connectivity index (χ0v) is 20.8. The summed E-state index contributed by atoms with van der Waals surface area (Å²) in [5, 5.41) is 0. The molecular formula is C27H47N3O2. The van der Waals surface area contributed by atoms with Gasteiger partial charge in [0.15, 0.2) is 0 Å². The van der Waals surface area contributed by atoms with Gasteiger partial charge in [0.05, 0.1) is 0 Å². The summed E-state index contributed by atoms with van der Waals surface area (Å²) in [4.78, 5) is 30.9. The van der Waals surface area contributed by atoms with Crippen LogP contribution in [-0.2, 0) is 16.1 Å². The van der Waals surface area contributed by atoms with Crippen molar-refractivity contribution in [3.63, 3.8) is 0 Å². The lowest BCUT2D eigenvalue weighted by Crippen LogP contribution is -2.42. The van der Waals surface area contributed by atoms with Crippen LogP contribution in [0.1, 0.15) is 115 Å². The highest BCUT2D eigenvalue weighted by molar-refractivity contribution is 6.36. The predicted octanol–water partition coefficient (Wildman–Crippen LogP) is 6.48. The molecule has 1 aromatic rings. The lowest BCUT2D eigenvalue weighted by Gasteiger charge is -2.31. The molecule has 0 saturated carbocycles. The molecule has 5 heteroatoms. The van der Waals surface area contributed by atoms with Gasteiger partial charge in [0, 0.05) is 38.4 Å². The van der Waals surface area contributed by atoms with E-state index in [-0.39, 0.29) is 11.7 Å². The van der Waals surface area contributed by atoms with E-state index in [0.29, 0.717) is 12.3 Å². The Kier molecular flexibility index (Phi) is 13.3. The number of piperidine rings is 1. The van der Waals surface area contributed by atoms with E-state index in [9.17, 15) is 9.59 Å². The Bertz CT molecular complexity index is 647. The second-order valence-corrected chi connectivity index (χ2v) is 9.75. The molecule has 182 valence electrons. The molecule has 1 fully saturated rings. The van der Waals surface area contributed by atoms with Gasteiger partial charge in [0.1, 0.15) is 5.82 Å². The van der Waals surface area contributed by atoms with E-state index in [0.717, 1.165) is 57.6 Å². The molecule has 0 bridgehead atoms. The topological polar surface area (TPSA) is 55.2 Å². The molecule has 0 radical (unpaired) electrons. The fourth-order valence-electron chi connectivity index (χ4n) is 4.80. The quantitative estimate of drug-likeness (QED) is 0.204. The molecule has 5 nitrogen and oxygen atoms in total. The van der Waals surface area contributed by atoms with E-state index in [1.165, 1.54) is 64.2 Å². The highest BCUT2D eigenvalue weighted by atomic mass is 16.2. The van der Waals surface area contributed by atoms with Crippen LogP contribution in [0.25, 0.3) is 0 Å². The molecule has 0 atom stereocenters. The fraction of sp³-hybridized carbons (Fsp3) is 0.815. The van der Waals surface area contributed by atoms with E-state index in [1.807, 2.05) is 19.3 Å². The maximum atomic E-state index is 12.5. The number of carbonyl (C=O) groups excluding carboxylic acids is 2. The largest absolute Gasteiger partial charge is 0.336 e. The second kappa shape index (κ2) is 16.0. The van der Waals surface area contributed by atoms with Crippen LogP contribution >= 0.6 is 0 Å². The molecule has 1 aliphatic heterocycles. The molecule has 1 saturated heterocycles. The number of carbonyl (C=O) groups is 2. The Morgan fingerprint density at radius 1 is 0.906 bits per heavy atom. The van der Waals surface area contributed by atoms with E-state index in [2.05, 4.69) is 16.5 Å². The number of amides is 1. The third kappa shape index (κ3) is 10.3. The molecule has 0 aliphatic carbocycles. The number of hydrogen-bond acceptors (Lipinski definition) is 3. The number of unbranched alkanes of at least 4 members (excludes halogenated alkanes) is 11. The number of Topliss-reactive ketones (excluding diaryl/α,β-unsaturated/α-hetero) is 1. The van der Waals surface area contributed by atoms with Gasteiger partial charge in [-0.25, -0.2) is 4.98 Å². The minimum Gasteiger partial charge on any atom is -0.336 e. The van der Waals surface area contributed by atoms with Crippen LogP contribution in [0.15, 0.2) is 12.4 Å². The first-order valence-corrected chi connectivity index (χ1v) is 13.4. The molecular weight excluding hydrogens is 398 g/mol. The predicted molar refractivity (Wildman–Crippen MR) is 132 cm³/mol. The van der Waals surface area contributed by atoms with Gasteiger partial charge in [-0.05, 0) is 38.5 Å². The number of imidazole rings is 1. The summed E-state index contributed by atoms with van der Waals surface area (Å²) in [6.07, 6.45) is 22.7. The van der Waals surface area contributed by atoms with Crippen LogP contribution in [0.2, 0.25) is 0 Å². The number of nitrogens with zero attached hydrogens (tertiary/aromatic N) is 3. The first kappa shape index (κ1) is 26.6. The van der Waals surface area contributed by atoms with Crippen molar-refractivity contribution in [3.05, 3.63) is 18.2 Å². The van der Waals surface area contributed by atoms with Crippen molar-refractivity contribution in [2.45, 2.75) is 123 Å². The summed E-state index contributed by atoms with van der Waals surface area (Å²) in [6.45, 7) is 6.75. The standard InChI is InChI=1S/C27H47N3O2/c1-3-4-5-6-7-8-9-10-11-12-13-14-15-26(31)27(32)30-21-17-25(18-22-30)16-20-29-23-19-28-24(29)2/h19,23,25H,3-18,20-22H2,1-2H3. The number of likely N-dealkylation sites (tertiary alicyclic amines) is 1. The van der Waals surface area contributed by atoms with Crippen molar-refractivity contribution >= 4 is 11.7 Å². The van der Waals surface area contributed by atoms with Crippen LogP contribution in [0.5, 0.6) is 0 Å². The average Bonchev–Trinajstić information content (AvgIpc) is 3.22. The molecule has 2 rings (SSSR count). The summed E-state index contributed by atoms with van der Waals surface area (Å²) in [6, 6.07) is 0. The number of aromatic nitrogens is 2. The van der Waals surface area contributed by atoms with E-state index < -0.39 is 0 Å². The number of aryl methyl sites for hydroxylation is 2. The maximum Gasteiger partial charge on any atom is 0.289 e. The van der Waals surface area contributed by atoms with E-state index in [1.54, 1.807) is 4.90 Å². The summed E-state index contributed by atoms with van der Waals surface area (Å²) in [7, 11) is 0. The number of hydrogen-bond donors (Lipinski definition) is 0. The summed E-state index contributed by atoms with van der Waals surface area (Å²) < 4.78 is 2.19. The molecule has 0 unspecified atom stereocenters. The Morgan fingerprint density at radius 3 is 2.00 bits per heavy atom. The molecule has 0 aromatic carbocycles. The fourth-order valence-corrected chi connectivity index (χ4v) is 4.80. The zero-order chi connectivity index (χ0) is 23.0. The minimum atomic E-state index is -0.239. The summed E-state index contributed by atoms with van der Waals surface area (Å²) in [5.74, 6) is 1.27. The van der Waals surface area contributed by atoms with Crippen molar-refractivity contribution in [1.82, 2.24) is 14.5 Å². The molecule has 1 aliphatic rings. The van der Waals surface area contributed by atoms with Crippen molar-refractivity contribution in [2.24, 2.45) is 5.92 Å². The van der Waals surface area contributed by atoms with Gasteiger partial charge < -0.3 is 9.47 Å². The van der Waals surface area contributed by atoms with Gasteiger partial charge in [0.25, 0.3) is 5.91 Å². The molecule has 0 N–H and O–H groups in total. The molecule has 1 aromatic heterocycles. The van der Waals surface area contributed by atoms with Gasteiger partial charge in [-0.1, -0.05) is 77.6 Å². The Labute approximate surface area is 196 Å². The van der Waals surface area contributed by atoms with Crippen LogP contribution in [0.4, 0.5) is 0 Å². The SMILES string of the molecule is CCCCCCCCCCCCCCC(=O)C(=O)N1CCC(CCn2ccnc2C)CC1. The summed E-state index contributed by atoms with van der Waals surface area (Å²) >= 11 is 0. The first-order valence-electron chi connectivity index (χ1n) is 13.4. The lowest BCUT2D eigenvalue weighted by molar-refractivity contribution is -0.145. The van der Waals surface area contributed by atoms with Gasteiger partial charge in [-0.2, -0.15) is 0 Å². The average molecular weight is 446 g/mol. The van der Waals surface area contributed by atoms with Crippen LogP contribution in [0.3, 0.4) is 0 Å². The number of ketones is 1. The van der Waals surface area contributed by atoms with Gasteiger partial charge >= 0.3 is 0 Å². The van der Waals surface area contributed by atoms with Gasteiger partial charge in [-0.3, -0.25) is 9.59 Å².